The highest BCUT2D eigenvalue weighted by atomic mass is 32.2. The van der Waals surface area contributed by atoms with Gasteiger partial charge < -0.3 is 0 Å². The first kappa shape index (κ1) is 17.4. The van der Waals surface area contributed by atoms with Gasteiger partial charge in [0.25, 0.3) is 10.0 Å². The SMILES string of the molecule is CCNS(=O)(=O)c1ccc(NS(=O)(=O)c2ccccc2F)cc1. The average Bonchev–Trinajstić information content (AvgIpc) is 2.47. The standard InChI is InChI=1S/C14H15FN2O4S2/c1-2-16-22(18,19)12-9-7-11(8-10-12)17-23(20,21)14-6-4-3-5-13(14)15/h3-10,16-17H,2H2,1H3. The minimum atomic E-state index is -4.09. The first-order chi connectivity index (χ1) is 10.8. The highest BCUT2D eigenvalue weighted by molar-refractivity contribution is 7.92. The van der Waals surface area contributed by atoms with Gasteiger partial charge in [-0.15, -0.1) is 0 Å². The predicted molar refractivity (Wildman–Crippen MR) is 84.5 cm³/mol. The van der Waals surface area contributed by atoms with Gasteiger partial charge in [0.2, 0.25) is 10.0 Å². The van der Waals surface area contributed by atoms with Crippen molar-refractivity contribution in [1.82, 2.24) is 4.72 Å². The van der Waals surface area contributed by atoms with Crippen molar-refractivity contribution < 1.29 is 21.2 Å². The molecule has 0 unspecified atom stereocenters. The Hall–Kier alpha value is -1.97. The molecule has 0 fully saturated rings. The third kappa shape index (κ3) is 4.06. The number of benzene rings is 2. The van der Waals surface area contributed by atoms with E-state index in [0.717, 1.165) is 12.1 Å². The molecule has 0 saturated heterocycles. The van der Waals surface area contributed by atoms with Gasteiger partial charge in [-0.2, -0.15) is 0 Å². The molecule has 2 aromatic rings. The summed E-state index contributed by atoms with van der Waals surface area (Å²) in [4.78, 5) is -0.475. The lowest BCUT2D eigenvalue weighted by molar-refractivity contribution is 0.570. The van der Waals surface area contributed by atoms with E-state index in [-0.39, 0.29) is 17.1 Å². The Labute approximate surface area is 134 Å². The van der Waals surface area contributed by atoms with Gasteiger partial charge in [-0.1, -0.05) is 19.1 Å². The topological polar surface area (TPSA) is 92.3 Å². The fourth-order valence-electron chi connectivity index (χ4n) is 1.85. The first-order valence-corrected chi connectivity index (χ1v) is 9.60. The fraction of sp³-hybridized carbons (Fsp3) is 0.143. The summed E-state index contributed by atoms with van der Waals surface area (Å²) in [6.07, 6.45) is 0. The van der Waals surface area contributed by atoms with Crippen LogP contribution in [0.2, 0.25) is 0 Å². The Balaban J connectivity index is 2.27. The number of sulfonamides is 2. The van der Waals surface area contributed by atoms with Crippen LogP contribution in [0.4, 0.5) is 10.1 Å². The van der Waals surface area contributed by atoms with Crippen LogP contribution in [0.1, 0.15) is 6.92 Å². The molecule has 2 aromatic carbocycles. The lowest BCUT2D eigenvalue weighted by Gasteiger charge is -2.10. The number of rotatable bonds is 6. The molecule has 0 aliphatic heterocycles. The van der Waals surface area contributed by atoms with E-state index in [4.69, 9.17) is 0 Å². The van der Waals surface area contributed by atoms with Crippen LogP contribution in [-0.4, -0.2) is 23.4 Å². The van der Waals surface area contributed by atoms with Crippen molar-refractivity contribution >= 4 is 25.7 Å². The van der Waals surface area contributed by atoms with E-state index in [2.05, 4.69) is 9.44 Å². The van der Waals surface area contributed by atoms with Crippen molar-refractivity contribution in [3.05, 3.63) is 54.3 Å². The van der Waals surface area contributed by atoms with Crippen molar-refractivity contribution in [3.8, 4) is 0 Å². The van der Waals surface area contributed by atoms with Gasteiger partial charge in [-0.05, 0) is 36.4 Å². The van der Waals surface area contributed by atoms with E-state index >= 15 is 0 Å². The quantitative estimate of drug-likeness (QED) is 0.825. The summed E-state index contributed by atoms with van der Waals surface area (Å²) in [5, 5.41) is 0. The highest BCUT2D eigenvalue weighted by Crippen LogP contribution is 2.20. The fourth-order valence-corrected chi connectivity index (χ4v) is 4.03. The molecule has 0 atom stereocenters. The van der Waals surface area contributed by atoms with E-state index < -0.39 is 30.8 Å². The van der Waals surface area contributed by atoms with Crippen molar-refractivity contribution in [2.45, 2.75) is 16.7 Å². The van der Waals surface area contributed by atoms with Crippen molar-refractivity contribution in [2.24, 2.45) is 0 Å². The number of anilines is 1. The van der Waals surface area contributed by atoms with E-state index in [1.165, 1.54) is 36.4 Å². The van der Waals surface area contributed by atoms with Gasteiger partial charge >= 0.3 is 0 Å². The van der Waals surface area contributed by atoms with Crippen molar-refractivity contribution in [2.75, 3.05) is 11.3 Å². The summed E-state index contributed by atoms with van der Waals surface area (Å²) in [6, 6.07) is 10.1. The predicted octanol–water partition coefficient (Wildman–Crippen LogP) is 1.92. The maximum atomic E-state index is 13.6. The van der Waals surface area contributed by atoms with Crippen LogP contribution in [0.3, 0.4) is 0 Å². The molecule has 9 heteroatoms. The molecule has 0 bridgehead atoms. The molecule has 0 aliphatic rings. The summed E-state index contributed by atoms with van der Waals surface area (Å²) < 4.78 is 66.0. The monoisotopic (exact) mass is 358 g/mol. The summed E-state index contributed by atoms with van der Waals surface area (Å²) in [7, 11) is -7.71. The van der Waals surface area contributed by atoms with E-state index in [0.29, 0.717) is 0 Å². The minimum absolute atomic E-state index is 0.00758. The molecular weight excluding hydrogens is 343 g/mol. The Morgan fingerprint density at radius 1 is 0.913 bits per heavy atom. The van der Waals surface area contributed by atoms with Crippen LogP contribution in [-0.2, 0) is 20.0 Å². The van der Waals surface area contributed by atoms with Crippen LogP contribution in [0.25, 0.3) is 0 Å². The second-order valence-corrected chi connectivity index (χ2v) is 7.98. The van der Waals surface area contributed by atoms with Gasteiger partial charge in [0.05, 0.1) is 4.90 Å². The molecule has 2 N–H and O–H groups in total. The van der Waals surface area contributed by atoms with E-state index in [1.807, 2.05) is 0 Å². The Morgan fingerprint density at radius 2 is 1.52 bits per heavy atom. The third-order valence-electron chi connectivity index (χ3n) is 2.88. The molecule has 23 heavy (non-hydrogen) atoms. The van der Waals surface area contributed by atoms with E-state index in [1.54, 1.807) is 6.92 Å². The molecule has 0 heterocycles. The molecule has 0 aromatic heterocycles. The summed E-state index contributed by atoms with van der Waals surface area (Å²) in [5.41, 5.74) is 0.128. The molecule has 0 spiro atoms. The molecule has 6 nitrogen and oxygen atoms in total. The highest BCUT2D eigenvalue weighted by Gasteiger charge is 2.19. The van der Waals surface area contributed by atoms with Crippen LogP contribution < -0.4 is 9.44 Å². The number of halogens is 1. The third-order valence-corrected chi connectivity index (χ3v) is 5.85. The number of hydrogen-bond donors (Lipinski definition) is 2. The molecule has 2 rings (SSSR count). The molecule has 124 valence electrons. The number of nitrogens with one attached hydrogen (secondary N) is 2. The van der Waals surface area contributed by atoms with Gasteiger partial charge in [0.15, 0.2) is 0 Å². The summed E-state index contributed by atoms with van der Waals surface area (Å²) >= 11 is 0. The molecular formula is C14H15FN2O4S2. The summed E-state index contributed by atoms with van der Waals surface area (Å²) in [5.74, 6) is -0.869. The Morgan fingerprint density at radius 3 is 2.09 bits per heavy atom. The van der Waals surface area contributed by atoms with Crippen molar-refractivity contribution in [3.63, 3.8) is 0 Å². The molecule has 0 radical (unpaired) electrons. The van der Waals surface area contributed by atoms with Gasteiger partial charge in [-0.25, -0.2) is 25.9 Å². The molecule has 0 saturated carbocycles. The van der Waals surface area contributed by atoms with Crippen LogP contribution in [0.5, 0.6) is 0 Å². The van der Waals surface area contributed by atoms with Gasteiger partial charge in [0, 0.05) is 12.2 Å². The molecule has 0 aliphatic carbocycles. The second kappa shape index (κ2) is 6.65. The Kier molecular flexibility index (Phi) is 5.03. The van der Waals surface area contributed by atoms with Gasteiger partial charge in [0.1, 0.15) is 10.7 Å². The zero-order chi connectivity index (χ0) is 17.1. The Bertz CT molecular complexity index is 895. The van der Waals surface area contributed by atoms with Crippen molar-refractivity contribution in [1.29, 1.82) is 0 Å². The zero-order valence-electron chi connectivity index (χ0n) is 12.2. The minimum Gasteiger partial charge on any atom is -0.280 e. The first-order valence-electron chi connectivity index (χ1n) is 6.63. The second-order valence-electron chi connectivity index (χ2n) is 4.56. The maximum absolute atomic E-state index is 13.6. The lowest BCUT2D eigenvalue weighted by atomic mass is 10.3. The summed E-state index contributed by atoms with van der Waals surface area (Å²) in [6.45, 7) is 1.89. The lowest BCUT2D eigenvalue weighted by Crippen LogP contribution is -2.23. The smallest absolute Gasteiger partial charge is 0.264 e. The van der Waals surface area contributed by atoms with Crippen LogP contribution in [0.15, 0.2) is 58.3 Å². The van der Waals surface area contributed by atoms with Crippen LogP contribution in [0, 0.1) is 5.82 Å². The zero-order valence-corrected chi connectivity index (χ0v) is 13.8. The molecule has 0 amide bonds. The number of hydrogen-bond acceptors (Lipinski definition) is 4. The largest absolute Gasteiger partial charge is 0.280 e. The normalized spacial score (nSPS) is 12.1. The average molecular weight is 358 g/mol. The van der Waals surface area contributed by atoms with Crippen LogP contribution >= 0.6 is 0 Å². The van der Waals surface area contributed by atoms with E-state index in [9.17, 15) is 21.2 Å². The van der Waals surface area contributed by atoms with Gasteiger partial charge in [-0.3, -0.25) is 4.72 Å². The maximum Gasteiger partial charge on any atom is 0.264 e.